The Balaban J connectivity index is 2.02. The highest BCUT2D eigenvalue weighted by Gasteiger charge is 2.38. The summed E-state index contributed by atoms with van der Waals surface area (Å²) in [5.74, 6) is 0.0238. The van der Waals surface area contributed by atoms with E-state index in [1.54, 1.807) is 0 Å². The Bertz CT molecular complexity index is 505. The van der Waals surface area contributed by atoms with Crippen molar-refractivity contribution in [1.82, 2.24) is 5.32 Å². The Morgan fingerprint density at radius 1 is 1.30 bits per heavy atom. The quantitative estimate of drug-likeness (QED) is 0.867. The monoisotopic (exact) mass is 291 g/mol. The van der Waals surface area contributed by atoms with E-state index in [1.807, 2.05) is 24.3 Å². The molecule has 1 heterocycles. The molecule has 0 fully saturated rings. The molecule has 110 valence electrons. The normalized spacial score (nSPS) is 19.4. The average molecular weight is 291 g/mol. The van der Waals surface area contributed by atoms with Gasteiger partial charge in [0.05, 0.1) is 12.6 Å². The topological polar surface area (TPSA) is 38.3 Å². The summed E-state index contributed by atoms with van der Waals surface area (Å²) in [5, 5.41) is 3.25. The second-order valence-corrected chi connectivity index (χ2v) is 11.9. The highest BCUT2D eigenvalue weighted by molar-refractivity contribution is 6.74. The molecule has 0 saturated carbocycles. The number of amides is 1. The molecule has 0 radical (unpaired) electrons. The van der Waals surface area contributed by atoms with Gasteiger partial charge in [-0.3, -0.25) is 4.79 Å². The van der Waals surface area contributed by atoms with Crippen LogP contribution in [0.2, 0.25) is 18.1 Å². The molecule has 1 atom stereocenters. The van der Waals surface area contributed by atoms with Crippen LogP contribution in [0.25, 0.3) is 0 Å². The van der Waals surface area contributed by atoms with E-state index in [0.29, 0.717) is 6.61 Å². The van der Waals surface area contributed by atoms with E-state index < -0.39 is 8.32 Å². The molecule has 0 aliphatic carbocycles. The zero-order valence-electron chi connectivity index (χ0n) is 13.1. The second kappa shape index (κ2) is 5.33. The average Bonchev–Trinajstić information content (AvgIpc) is 2.35. The van der Waals surface area contributed by atoms with Crippen LogP contribution in [0.15, 0.2) is 24.3 Å². The maximum Gasteiger partial charge on any atom is 0.251 e. The van der Waals surface area contributed by atoms with Gasteiger partial charge in [0.1, 0.15) is 0 Å². The molecule has 0 unspecified atom stereocenters. The number of carbonyl (C=O) groups is 1. The van der Waals surface area contributed by atoms with E-state index in [1.165, 1.54) is 0 Å². The molecule has 20 heavy (non-hydrogen) atoms. The fraction of sp³-hybridized carbons (Fsp3) is 0.562. The van der Waals surface area contributed by atoms with Crippen molar-refractivity contribution in [2.45, 2.75) is 51.4 Å². The summed E-state index contributed by atoms with van der Waals surface area (Å²) >= 11 is 0. The zero-order chi connectivity index (χ0) is 15.0. The fourth-order valence-electron chi connectivity index (χ4n) is 2.13. The van der Waals surface area contributed by atoms with Crippen LogP contribution in [0.4, 0.5) is 0 Å². The van der Waals surface area contributed by atoms with Crippen molar-refractivity contribution in [3.05, 3.63) is 35.4 Å². The van der Waals surface area contributed by atoms with E-state index in [-0.39, 0.29) is 17.0 Å². The Morgan fingerprint density at radius 3 is 2.60 bits per heavy atom. The summed E-state index contributed by atoms with van der Waals surface area (Å²) in [6.45, 7) is 11.8. The molecule has 3 nitrogen and oxygen atoms in total. The van der Waals surface area contributed by atoms with Crippen molar-refractivity contribution in [3.63, 3.8) is 0 Å². The van der Waals surface area contributed by atoms with Crippen LogP contribution in [-0.2, 0) is 10.8 Å². The van der Waals surface area contributed by atoms with Gasteiger partial charge in [-0.1, -0.05) is 39.0 Å². The smallest absolute Gasteiger partial charge is 0.251 e. The van der Waals surface area contributed by atoms with Gasteiger partial charge < -0.3 is 9.74 Å². The van der Waals surface area contributed by atoms with Gasteiger partial charge in [-0.2, -0.15) is 0 Å². The Morgan fingerprint density at radius 2 is 1.95 bits per heavy atom. The predicted octanol–water partition coefficient (Wildman–Crippen LogP) is 3.36. The third kappa shape index (κ3) is 3.12. The predicted molar refractivity (Wildman–Crippen MR) is 84.5 cm³/mol. The Labute approximate surface area is 122 Å². The highest BCUT2D eigenvalue weighted by Crippen LogP contribution is 2.36. The lowest BCUT2D eigenvalue weighted by atomic mass is 9.96. The number of nitrogens with one attached hydrogen (secondary N) is 1. The molecular weight excluding hydrogens is 266 g/mol. The van der Waals surface area contributed by atoms with Gasteiger partial charge in [-0.05, 0) is 36.2 Å². The molecule has 0 bridgehead atoms. The van der Waals surface area contributed by atoms with Gasteiger partial charge >= 0.3 is 0 Å². The third-order valence-corrected chi connectivity index (χ3v) is 9.02. The SMILES string of the molecule is CC(C)(C)[Si](C)(C)OC[C@@H]1Cc2ccccc2C(=O)N1. The van der Waals surface area contributed by atoms with Crippen LogP contribution in [0.1, 0.15) is 36.7 Å². The molecular formula is C16H25NO2Si. The van der Waals surface area contributed by atoms with Crippen LogP contribution >= 0.6 is 0 Å². The number of hydrogen-bond acceptors (Lipinski definition) is 2. The van der Waals surface area contributed by atoms with Crippen LogP contribution in [-0.4, -0.2) is 26.9 Å². The zero-order valence-corrected chi connectivity index (χ0v) is 14.1. The van der Waals surface area contributed by atoms with E-state index in [0.717, 1.165) is 17.5 Å². The summed E-state index contributed by atoms with van der Waals surface area (Å²) in [7, 11) is -1.75. The van der Waals surface area contributed by atoms with Gasteiger partial charge in [0, 0.05) is 5.56 Å². The molecule has 1 aliphatic rings. The maximum absolute atomic E-state index is 12.1. The van der Waals surface area contributed by atoms with Gasteiger partial charge in [0.15, 0.2) is 8.32 Å². The lowest BCUT2D eigenvalue weighted by Gasteiger charge is -2.38. The number of fused-ring (bicyclic) bond motifs is 1. The number of rotatable bonds is 3. The number of benzene rings is 1. The maximum atomic E-state index is 12.1. The molecule has 4 heteroatoms. The lowest BCUT2D eigenvalue weighted by molar-refractivity contribution is 0.0904. The summed E-state index contributed by atoms with van der Waals surface area (Å²) in [6.07, 6.45) is 0.858. The first-order chi connectivity index (χ1) is 9.21. The molecule has 2 rings (SSSR count). The first-order valence-corrected chi connectivity index (χ1v) is 10.1. The summed E-state index contributed by atoms with van der Waals surface area (Å²) in [5.41, 5.74) is 1.93. The van der Waals surface area contributed by atoms with Gasteiger partial charge in [-0.25, -0.2) is 0 Å². The minimum Gasteiger partial charge on any atom is -0.415 e. The van der Waals surface area contributed by atoms with E-state index >= 15 is 0 Å². The highest BCUT2D eigenvalue weighted by atomic mass is 28.4. The van der Waals surface area contributed by atoms with Crippen molar-refractivity contribution >= 4 is 14.2 Å². The second-order valence-electron chi connectivity index (χ2n) is 7.10. The van der Waals surface area contributed by atoms with Crippen LogP contribution in [0.5, 0.6) is 0 Å². The van der Waals surface area contributed by atoms with Crippen LogP contribution < -0.4 is 5.32 Å². The van der Waals surface area contributed by atoms with Gasteiger partial charge in [0.2, 0.25) is 0 Å². The summed E-state index contributed by atoms with van der Waals surface area (Å²) in [4.78, 5) is 12.1. The minimum atomic E-state index is -1.75. The van der Waals surface area contributed by atoms with Gasteiger partial charge in [0.25, 0.3) is 5.91 Å². The fourth-order valence-corrected chi connectivity index (χ4v) is 3.18. The first kappa shape index (κ1) is 15.3. The van der Waals surface area contributed by atoms with Crippen molar-refractivity contribution in [2.75, 3.05) is 6.61 Å². The van der Waals surface area contributed by atoms with E-state index in [2.05, 4.69) is 39.2 Å². The van der Waals surface area contributed by atoms with Crippen molar-refractivity contribution in [1.29, 1.82) is 0 Å². The largest absolute Gasteiger partial charge is 0.415 e. The molecule has 1 N–H and O–H groups in total. The summed E-state index contributed by atoms with van der Waals surface area (Å²) in [6, 6.07) is 7.91. The van der Waals surface area contributed by atoms with Crippen LogP contribution in [0, 0.1) is 0 Å². The first-order valence-electron chi connectivity index (χ1n) is 7.23. The molecule has 1 amide bonds. The Hall–Kier alpha value is -1.13. The standard InChI is InChI=1S/C16H25NO2Si/c1-16(2,3)20(4,5)19-11-13-10-12-8-6-7-9-14(12)15(18)17-13/h6-9,13H,10-11H2,1-5H3,(H,17,18)/t13-/m0/s1. The molecule has 1 aromatic carbocycles. The van der Waals surface area contributed by atoms with Crippen molar-refractivity contribution in [3.8, 4) is 0 Å². The minimum absolute atomic E-state index is 0.0238. The van der Waals surface area contributed by atoms with Crippen LogP contribution in [0.3, 0.4) is 0 Å². The van der Waals surface area contributed by atoms with Gasteiger partial charge in [-0.15, -0.1) is 0 Å². The summed E-state index contributed by atoms with van der Waals surface area (Å²) < 4.78 is 6.22. The molecule has 1 aromatic rings. The van der Waals surface area contributed by atoms with E-state index in [4.69, 9.17) is 4.43 Å². The Kier molecular flexibility index (Phi) is 4.07. The third-order valence-electron chi connectivity index (χ3n) is 4.52. The molecule has 0 saturated heterocycles. The number of carbonyl (C=O) groups excluding carboxylic acids is 1. The van der Waals surface area contributed by atoms with E-state index in [9.17, 15) is 4.79 Å². The van der Waals surface area contributed by atoms with Crippen molar-refractivity contribution in [2.24, 2.45) is 0 Å². The van der Waals surface area contributed by atoms with Crippen molar-refractivity contribution < 1.29 is 9.22 Å². The molecule has 0 spiro atoms. The lowest BCUT2D eigenvalue weighted by Crippen LogP contribution is -2.49. The molecule has 1 aliphatic heterocycles. The molecule has 0 aromatic heterocycles. The number of hydrogen-bond donors (Lipinski definition) is 1.